The number of hydrogen-bond donors (Lipinski definition) is 3. The molecule has 3 N–H and O–H groups in total. The Morgan fingerprint density at radius 1 is 1.04 bits per heavy atom. The summed E-state index contributed by atoms with van der Waals surface area (Å²) in [4.78, 5) is 26.0. The number of para-hydroxylation sites is 1. The zero-order chi connectivity index (χ0) is 20.8. The molecule has 0 saturated carbocycles. The summed E-state index contributed by atoms with van der Waals surface area (Å²) >= 11 is 1.49. The van der Waals surface area contributed by atoms with E-state index in [0.29, 0.717) is 10.6 Å². The van der Waals surface area contributed by atoms with Crippen LogP contribution in [-0.2, 0) is 9.59 Å². The molecule has 2 rings (SSSR count). The number of nitrogens with one attached hydrogen (secondary N) is 3. The summed E-state index contributed by atoms with van der Waals surface area (Å²) in [5.41, 5.74) is 0.218. The van der Waals surface area contributed by atoms with Crippen molar-refractivity contribution in [3.05, 3.63) is 53.8 Å². The molecular formula is C19H21F3N3O2S+. The van der Waals surface area contributed by atoms with Crippen LogP contribution in [0.1, 0.15) is 6.92 Å². The van der Waals surface area contributed by atoms with E-state index in [1.54, 1.807) is 26.1 Å². The number of amides is 2. The topological polar surface area (TPSA) is 62.6 Å². The van der Waals surface area contributed by atoms with Crippen LogP contribution < -0.4 is 15.5 Å². The van der Waals surface area contributed by atoms with Crippen molar-refractivity contribution in [1.82, 2.24) is 0 Å². The van der Waals surface area contributed by atoms with Crippen LogP contribution in [0.15, 0.2) is 41.3 Å². The molecule has 0 aliphatic heterocycles. The summed E-state index contributed by atoms with van der Waals surface area (Å²) in [5, 5.41) is 5.02. The number of anilines is 2. The minimum atomic E-state index is -1.65. The largest absolute Gasteiger partial charge is 0.320 e. The van der Waals surface area contributed by atoms with Gasteiger partial charge in [-0.3, -0.25) is 9.59 Å². The molecule has 0 aromatic heterocycles. The second-order valence-electron chi connectivity index (χ2n) is 6.21. The molecule has 0 aliphatic carbocycles. The van der Waals surface area contributed by atoms with Gasteiger partial charge >= 0.3 is 0 Å². The highest BCUT2D eigenvalue weighted by atomic mass is 32.2. The van der Waals surface area contributed by atoms with E-state index in [-0.39, 0.29) is 12.5 Å². The summed E-state index contributed by atoms with van der Waals surface area (Å²) in [7, 11) is 1.63. The molecule has 9 heteroatoms. The third-order valence-corrected chi connectivity index (χ3v) is 5.04. The van der Waals surface area contributed by atoms with Gasteiger partial charge in [-0.25, -0.2) is 13.2 Å². The van der Waals surface area contributed by atoms with Gasteiger partial charge < -0.3 is 15.5 Å². The number of rotatable bonds is 7. The Hall–Kier alpha value is -2.52. The van der Waals surface area contributed by atoms with Crippen molar-refractivity contribution in [3.8, 4) is 0 Å². The van der Waals surface area contributed by atoms with Crippen LogP contribution in [0.5, 0.6) is 0 Å². The molecule has 1 unspecified atom stereocenters. The lowest BCUT2D eigenvalue weighted by atomic mass is 10.2. The molecule has 2 amide bonds. The number of carbonyl (C=O) groups is 2. The van der Waals surface area contributed by atoms with Crippen molar-refractivity contribution in [2.75, 3.05) is 30.5 Å². The number of carbonyl (C=O) groups excluding carboxylic acids is 2. The van der Waals surface area contributed by atoms with E-state index < -0.39 is 35.1 Å². The highest BCUT2D eigenvalue weighted by Gasteiger charge is 2.26. The molecule has 2 atom stereocenters. The normalized spacial score (nSPS) is 12.9. The standard InChI is InChI=1S/C19H20F3N3O2S/c1-11(19(27)24-14-9-8-12(20)17(21)18(14)22)25(2)10-16(26)23-13-6-4-5-7-15(13)28-3/h4-9,11H,10H2,1-3H3,(H,23,26)(H,24,27)/p+1/t11-/m1/s1. The van der Waals surface area contributed by atoms with Crippen LogP contribution in [0.25, 0.3) is 0 Å². The monoisotopic (exact) mass is 412 g/mol. The van der Waals surface area contributed by atoms with Crippen molar-refractivity contribution < 1.29 is 27.7 Å². The Labute approximate surface area is 165 Å². The summed E-state index contributed by atoms with van der Waals surface area (Å²) in [6.45, 7) is 1.53. The van der Waals surface area contributed by atoms with E-state index in [2.05, 4.69) is 10.6 Å². The van der Waals surface area contributed by atoms with Crippen LogP contribution in [0.3, 0.4) is 0 Å². The fourth-order valence-electron chi connectivity index (χ4n) is 2.44. The average molecular weight is 412 g/mol. The minimum absolute atomic E-state index is 0.0163. The molecule has 0 spiro atoms. The SMILES string of the molecule is CSc1ccccc1NC(=O)C[NH+](C)[C@H](C)C(=O)Nc1ccc(F)c(F)c1F. The Balaban J connectivity index is 1.98. The van der Waals surface area contributed by atoms with E-state index in [4.69, 9.17) is 0 Å². The first-order valence-electron chi connectivity index (χ1n) is 8.44. The van der Waals surface area contributed by atoms with Crippen molar-refractivity contribution in [2.24, 2.45) is 0 Å². The van der Waals surface area contributed by atoms with Crippen LogP contribution in [-0.4, -0.2) is 37.7 Å². The molecule has 0 saturated heterocycles. The fraction of sp³-hybridized carbons (Fsp3) is 0.263. The van der Waals surface area contributed by atoms with Crippen molar-refractivity contribution in [3.63, 3.8) is 0 Å². The predicted octanol–water partition coefficient (Wildman–Crippen LogP) is 2.31. The van der Waals surface area contributed by atoms with Crippen molar-refractivity contribution in [1.29, 1.82) is 0 Å². The van der Waals surface area contributed by atoms with Gasteiger partial charge in [-0.2, -0.15) is 0 Å². The lowest BCUT2D eigenvalue weighted by molar-refractivity contribution is -0.885. The molecule has 0 bridgehead atoms. The molecule has 0 fully saturated rings. The number of hydrogen-bond acceptors (Lipinski definition) is 3. The van der Waals surface area contributed by atoms with E-state index in [1.165, 1.54) is 11.8 Å². The van der Waals surface area contributed by atoms with Crippen LogP contribution in [0, 0.1) is 17.5 Å². The quantitative estimate of drug-likeness (QED) is 0.483. The molecule has 28 heavy (non-hydrogen) atoms. The maximum absolute atomic E-state index is 13.7. The Morgan fingerprint density at radius 2 is 1.71 bits per heavy atom. The first-order valence-corrected chi connectivity index (χ1v) is 9.66. The van der Waals surface area contributed by atoms with Gasteiger partial charge in [0.2, 0.25) is 0 Å². The van der Waals surface area contributed by atoms with Crippen molar-refractivity contribution >= 4 is 35.0 Å². The van der Waals surface area contributed by atoms with E-state index >= 15 is 0 Å². The van der Waals surface area contributed by atoms with Crippen molar-refractivity contribution in [2.45, 2.75) is 17.9 Å². The summed E-state index contributed by atoms with van der Waals surface area (Å²) in [5.74, 6) is -5.38. The second kappa shape index (κ2) is 9.61. The molecule has 2 aromatic rings. The minimum Gasteiger partial charge on any atom is -0.320 e. The number of likely N-dealkylation sites (N-methyl/N-ethyl adjacent to an activating group) is 1. The molecule has 0 heterocycles. The molecule has 0 aliphatic rings. The maximum atomic E-state index is 13.7. The van der Waals surface area contributed by atoms with Gasteiger partial charge in [0, 0.05) is 4.90 Å². The zero-order valence-corrected chi connectivity index (χ0v) is 16.4. The molecular weight excluding hydrogens is 391 g/mol. The van der Waals surface area contributed by atoms with E-state index in [0.717, 1.165) is 17.0 Å². The second-order valence-corrected chi connectivity index (χ2v) is 7.05. The van der Waals surface area contributed by atoms with Gasteiger partial charge in [-0.1, -0.05) is 12.1 Å². The van der Waals surface area contributed by atoms with Gasteiger partial charge in [0.15, 0.2) is 30.0 Å². The predicted molar refractivity (Wildman–Crippen MR) is 103 cm³/mol. The molecule has 0 radical (unpaired) electrons. The molecule has 5 nitrogen and oxygen atoms in total. The Bertz CT molecular complexity index is 879. The van der Waals surface area contributed by atoms with Crippen LogP contribution >= 0.6 is 11.8 Å². The fourth-order valence-corrected chi connectivity index (χ4v) is 2.99. The van der Waals surface area contributed by atoms with E-state index in [9.17, 15) is 22.8 Å². The Morgan fingerprint density at radius 3 is 2.39 bits per heavy atom. The number of benzene rings is 2. The first kappa shape index (κ1) is 21.8. The lowest BCUT2D eigenvalue weighted by Crippen LogP contribution is -3.14. The molecule has 150 valence electrons. The Kier molecular flexibility index (Phi) is 7.47. The van der Waals surface area contributed by atoms with Gasteiger partial charge in [0.1, 0.15) is 0 Å². The lowest BCUT2D eigenvalue weighted by Gasteiger charge is -2.21. The average Bonchev–Trinajstić information content (AvgIpc) is 2.68. The summed E-state index contributed by atoms with van der Waals surface area (Å²) < 4.78 is 40.0. The summed E-state index contributed by atoms with van der Waals surface area (Å²) in [6.07, 6.45) is 1.90. The van der Waals surface area contributed by atoms with Gasteiger partial charge in [0.25, 0.3) is 11.8 Å². The highest BCUT2D eigenvalue weighted by molar-refractivity contribution is 7.98. The third kappa shape index (κ3) is 5.26. The van der Waals surface area contributed by atoms with Gasteiger partial charge in [-0.05, 0) is 37.4 Å². The van der Waals surface area contributed by atoms with Gasteiger partial charge in [0.05, 0.1) is 18.4 Å². The van der Waals surface area contributed by atoms with E-state index in [1.807, 2.05) is 18.4 Å². The molecule has 2 aromatic carbocycles. The van der Waals surface area contributed by atoms with Crippen LogP contribution in [0.2, 0.25) is 0 Å². The van der Waals surface area contributed by atoms with Crippen LogP contribution in [0.4, 0.5) is 24.5 Å². The summed E-state index contributed by atoms with van der Waals surface area (Å²) in [6, 6.07) is 8.26. The zero-order valence-electron chi connectivity index (χ0n) is 15.6. The smallest absolute Gasteiger partial charge is 0.282 e. The third-order valence-electron chi connectivity index (χ3n) is 4.25. The van der Waals surface area contributed by atoms with Gasteiger partial charge in [-0.15, -0.1) is 11.8 Å². The maximum Gasteiger partial charge on any atom is 0.282 e. The number of thioether (sulfide) groups is 1. The number of quaternary nitrogens is 1. The first-order chi connectivity index (χ1) is 13.2. The highest BCUT2D eigenvalue weighted by Crippen LogP contribution is 2.24. The number of halogens is 3.